The highest BCUT2D eigenvalue weighted by Gasteiger charge is 2.00. The standard InChI is InChI=1S/C15H15N3O2S/c16-14-18-10-13(21-14)8-4-5-9-17-15(19)20-11-12-6-2-1-3-7-12/h1-3,6-7,10H,5,9,11H2,(H2,16,18)(H,17,19). The maximum atomic E-state index is 11.4. The van der Waals surface area contributed by atoms with Gasteiger partial charge in [-0.2, -0.15) is 0 Å². The summed E-state index contributed by atoms with van der Waals surface area (Å²) >= 11 is 1.34. The molecule has 0 bridgehead atoms. The van der Waals surface area contributed by atoms with Gasteiger partial charge in [0.1, 0.15) is 6.61 Å². The van der Waals surface area contributed by atoms with Crippen molar-refractivity contribution in [3.05, 3.63) is 47.0 Å². The quantitative estimate of drug-likeness (QED) is 0.671. The zero-order chi connectivity index (χ0) is 14.9. The average Bonchev–Trinajstić information content (AvgIpc) is 2.91. The van der Waals surface area contributed by atoms with Crippen LogP contribution in [-0.4, -0.2) is 17.6 Å². The molecule has 1 aromatic heterocycles. The third kappa shape index (κ3) is 5.55. The van der Waals surface area contributed by atoms with Gasteiger partial charge >= 0.3 is 6.09 Å². The second-order valence-corrected chi connectivity index (χ2v) is 5.17. The number of nitrogens with one attached hydrogen (secondary N) is 1. The maximum Gasteiger partial charge on any atom is 0.407 e. The predicted molar refractivity (Wildman–Crippen MR) is 82.7 cm³/mol. The summed E-state index contributed by atoms with van der Waals surface area (Å²) in [7, 11) is 0. The minimum atomic E-state index is -0.442. The van der Waals surface area contributed by atoms with Crippen molar-refractivity contribution in [2.45, 2.75) is 13.0 Å². The molecule has 21 heavy (non-hydrogen) atoms. The van der Waals surface area contributed by atoms with E-state index in [-0.39, 0.29) is 6.61 Å². The van der Waals surface area contributed by atoms with E-state index >= 15 is 0 Å². The van der Waals surface area contributed by atoms with Crippen molar-refractivity contribution in [3.8, 4) is 11.8 Å². The molecule has 0 spiro atoms. The Hall–Kier alpha value is -2.52. The number of alkyl carbamates (subject to hydrolysis) is 1. The van der Waals surface area contributed by atoms with Gasteiger partial charge in [-0.1, -0.05) is 53.5 Å². The number of nitrogen functional groups attached to an aromatic ring is 1. The molecule has 5 nitrogen and oxygen atoms in total. The molecular formula is C15H15N3O2S. The lowest BCUT2D eigenvalue weighted by Crippen LogP contribution is -2.24. The molecular weight excluding hydrogens is 286 g/mol. The molecule has 0 saturated carbocycles. The average molecular weight is 301 g/mol. The summed E-state index contributed by atoms with van der Waals surface area (Å²) in [6.45, 7) is 0.702. The van der Waals surface area contributed by atoms with Gasteiger partial charge in [-0.15, -0.1) is 0 Å². The summed E-state index contributed by atoms with van der Waals surface area (Å²) in [6.07, 6.45) is 1.73. The Morgan fingerprint density at radius 1 is 1.38 bits per heavy atom. The highest BCUT2D eigenvalue weighted by molar-refractivity contribution is 7.15. The molecule has 0 atom stereocenters. The third-order valence-corrected chi connectivity index (χ3v) is 3.21. The molecule has 0 radical (unpaired) electrons. The molecule has 2 rings (SSSR count). The van der Waals surface area contributed by atoms with Gasteiger partial charge in [0, 0.05) is 13.0 Å². The van der Waals surface area contributed by atoms with Gasteiger partial charge in [-0.05, 0) is 5.56 Å². The summed E-state index contributed by atoms with van der Waals surface area (Å²) in [5.41, 5.74) is 6.45. The summed E-state index contributed by atoms with van der Waals surface area (Å²) in [5.74, 6) is 5.87. The Bertz CT molecular complexity index is 644. The lowest BCUT2D eigenvalue weighted by molar-refractivity contribution is 0.140. The van der Waals surface area contributed by atoms with Gasteiger partial charge in [0.05, 0.1) is 11.1 Å². The van der Waals surface area contributed by atoms with Gasteiger partial charge in [-0.3, -0.25) is 0 Å². The number of nitrogens with two attached hydrogens (primary N) is 1. The number of thiazole rings is 1. The number of nitrogens with zero attached hydrogens (tertiary/aromatic N) is 1. The first-order valence-electron chi connectivity index (χ1n) is 6.39. The van der Waals surface area contributed by atoms with E-state index in [9.17, 15) is 4.79 Å². The molecule has 1 amide bonds. The van der Waals surface area contributed by atoms with Crippen molar-refractivity contribution in [2.24, 2.45) is 0 Å². The number of hydrogen-bond acceptors (Lipinski definition) is 5. The third-order valence-electron chi connectivity index (χ3n) is 2.47. The number of rotatable bonds is 4. The van der Waals surface area contributed by atoms with Gasteiger partial charge in [0.2, 0.25) is 0 Å². The minimum Gasteiger partial charge on any atom is -0.445 e. The highest BCUT2D eigenvalue weighted by Crippen LogP contribution is 2.12. The molecule has 1 aromatic carbocycles. The van der Waals surface area contributed by atoms with Crippen LogP contribution in [0, 0.1) is 11.8 Å². The lowest BCUT2D eigenvalue weighted by Gasteiger charge is -2.05. The molecule has 6 heteroatoms. The van der Waals surface area contributed by atoms with E-state index in [0.29, 0.717) is 18.1 Å². The van der Waals surface area contributed by atoms with E-state index in [4.69, 9.17) is 10.5 Å². The van der Waals surface area contributed by atoms with Crippen molar-refractivity contribution < 1.29 is 9.53 Å². The topological polar surface area (TPSA) is 77.2 Å². The Labute approximate surface area is 127 Å². The molecule has 0 unspecified atom stereocenters. The fraction of sp³-hybridized carbons (Fsp3) is 0.200. The van der Waals surface area contributed by atoms with E-state index < -0.39 is 6.09 Å². The second-order valence-electron chi connectivity index (χ2n) is 4.10. The van der Waals surface area contributed by atoms with Crippen molar-refractivity contribution in [3.63, 3.8) is 0 Å². The largest absolute Gasteiger partial charge is 0.445 e. The molecule has 0 aliphatic carbocycles. The molecule has 3 N–H and O–H groups in total. The van der Waals surface area contributed by atoms with Gasteiger partial charge in [0.25, 0.3) is 0 Å². The van der Waals surface area contributed by atoms with Crippen molar-refractivity contribution in [1.82, 2.24) is 10.3 Å². The van der Waals surface area contributed by atoms with E-state index in [0.717, 1.165) is 10.4 Å². The number of carbonyl (C=O) groups is 1. The van der Waals surface area contributed by atoms with Crippen LogP contribution in [0.4, 0.5) is 9.93 Å². The second kappa shape index (κ2) is 7.92. The molecule has 0 aliphatic rings. The van der Waals surface area contributed by atoms with Crippen LogP contribution in [0.2, 0.25) is 0 Å². The van der Waals surface area contributed by atoms with Gasteiger partial charge in [0.15, 0.2) is 5.13 Å². The first kappa shape index (κ1) is 14.9. The van der Waals surface area contributed by atoms with E-state index in [1.54, 1.807) is 6.20 Å². The fourth-order valence-corrected chi connectivity index (χ4v) is 2.06. The van der Waals surface area contributed by atoms with E-state index in [1.165, 1.54) is 11.3 Å². The van der Waals surface area contributed by atoms with Gasteiger partial charge < -0.3 is 15.8 Å². The SMILES string of the molecule is Nc1ncc(C#CCCNC(=O)OCc2ccccc2)s1. The first-order valence-corrected chi connectivity index (χ1v) is 7.20. The minimum absolute atomic E-state index is 0.262. The van der Waals surface area contributed by atoms with Crippen molar-refractivity contribution in [2.75, 3.05) is 12.3 Å². The van der Waals surface area contributed by atoms with Crippen LogP contribution < -0.4 is 11.1 Å². The van der Waals surface area contributed by atoms with E-state index in [2.05, 4.69) is 22.1 Å². The zero-order valence-electron chi connectivity index (χ0n) is 11.3. The summed E-state index contributed by atoms with van der Waals surface area (Å²) in [6, 6.07) is 9.52. The number of hydrogen-bond donors (Lipinski definition) is 2. The van der Waals surface area contributed by atoms with Crippen LogP contribution in [0.25, 0.3) is 0 Å². The lowest BCUT2D eigenvalue weighted by atomic mass is 10.2. The number of ether oxygens (including phenoxy) is 1. The maximum absolute atomic E-state index is 11.4. The Kier molecular flexibility index (Phi) is 5.61. The van der Waals surface area contributed by atoms with E-state index in [1.807, 2.05) is 30.3 Å². The molecule has 1 heterocycles. The monoisotopic (exact) mass is 301 g/mol. The summed E-state index contributed by atoms with van der Waals surface area (Å²) in [4.78, 5) is 16.2. The molecule has 0 saturated heterocycles. The van der Waals surface area contributed by atoms with Crippen LogP contribution >= 0.6 is 11.3 Å². The number of anilines is 1. The van der Waals surface area contributed by atoms with Crippen LogP contribution in [0.15, 0.2) is 36.5 Å². The van der Waals surface area contributed by atoms with Crippen molar-refractivity contribution >= 4 is 22.6 Å². The predicted octanol–water partition coefficient (Wildman–Crippen LogP) is 2.39. The highest BCUT2D eigenvalue weighted by atomic mass is 32.1. The molecule has 0 aliphatic heterocycles. The summed E-state index contributed by atoms with van der Waals surface area (Å²) in [5, 5.41) is 3.15. The molecule has 108 valence electrons. The van der Waals surface area contributed by atoms with Crippen molar-refractivity contribution in [1.29, 1.82) is 0 Å². The van der Waals surface area contributed by atoms with Crippen LogP contribution in [0.5, 0.6) is 0 Å². The van der Waals surface area contributed by atoms with Crippen LogP contribution in [0.1, 0.15) is 16.9 Å². The first-order chi connectivity index (χ1) is 10.2. The van der Waals surface area contributed by atoms with Crippen LogP contribution in [-0.2, 0) is 11.3 Å². The Morgan fingerprint density at radius 3 is 2.90 bits per heavy atom. The molecule has 2 aromatic rings. The Balaban J connectivity index is 1.62. The fourth-order valence-electron chi connectivity index (χ4n) is 1.50. The van der Waals surface area contributed by atoms with Crippen LogP contribution in [0.3, 0.4) is 0 Å². The normalized spacial score (nSPS) is 9.52. The zero-order valence-corrected chi connectivity index (χ0v) is 12.2. The molecule has 0 fully saturated rings. The number of aromatic nitrogens is 1. The summed E-state index contributed by atoms with van der Waals surface area (Å²) < 4.78 is 5.07. The smallest absolute Gasteiger partial charge is 0.407 e. The van der Waals surface area contributed by atoms with Gasteiger partial charge in [-0.25, -0.2) is 9.78 Å². The number of carbonyl (C=O) groups excluding carboxylic acids is 1. The Morgan fingerprint density at radius 2 is 2.19 bits per heavy atom. The number of benzene rings is 1. The number of amides is 1.